The highest BCUT2D eigenvalue weighted by Crippen LogP contribution is 2.22. The average Bonchev–Trinajstić information content (AvgIpc) is 2.79. The molecule has 0 fully saturated rings. The van der Waals surface area contributed by atoms with Crippen LogP contribution in [0.4, 0.5) is 11.4 Å². The number of nitrogens with zero attached hydrogens (tertiary/aromatic N) is 1. The van der Waals surface area contributed by atoms with E-state index < -0.39 is 28.8 Å². The van der Waals surface area contributed by atoms with Crippen LogP contribution < -0.4 is 36.6 Å². The minimum Gasteiger partial charge on any atom is -0.497 e. The number of methoxy groups -OCH3 is 1. The van der Waals surface area contributed by atoms with Crippen molar-refractivity contribution < 1.29 is 19.5 Å². The Morgan fingerprint density at radius 3 is 2.25 bits per heavy atom. The van der Waals surface area contributed by atoms with Crippen molar-refractivity contribution >= 4 is 23.2 Å². The summed E-state index contributed by atoms with van der Waals surface area (Å²) in [6, 6.07) is 5.38. The molecule has 4 N–H and O–H groups in total. The first-order valence-electron chi connectivity index (χ1n) is 10.3. The number of carbonyl (C=O) groups excluding carboxylic acids is 2. The lowest BCUT2D eigenvalue weighted by Gasteiger charge is -2.28. The molecule has 2 aromatic rings. The summed E-state index contributed by atoms with van der Waals surface area (Å²) >= 11 is 0. The van der Waals surface area contributed by atoms with Crippen LogP contribution in [0.1, 0.15) is 25.8 Å². The molecular formula is C22H30N4O6. The molecule has 0 radical (unpaired) electrons. The Labute approximate surface area is 186 Å². The van der Waals surface area contributed by atoms with E-state index in [2.05, 4.69) is 16.0 Å². The number of likely N-dealkylation sites (N-methyl/N-ethyl adjacent to an activating group) is 1. The van der Waals surface area contributed by atoms with Gasteiger partial charge >= 0.3 is 0 Å². The normalized spacial score (nSPS) is 13.7. The molecule has 0 heterocycles. The van der Waals surface area contributed by atoms with Gasteiger partial charge in [0.25, 0.3) is 10.9 Å². The number of amides is 2. The first-order chi connectivity index (χ1) is 15.1. The number of benzene rings is 1. The van der Waals surface area contributed by atoms with E-state index in [0.717, 1.165) is 5.56 Å². The molecule has 0 bridgehead atoms. The Morgan fingerprint density at radius 2 is 1.75 bits per heavy atom. The van der Waals surface area contributed by atoms with Crippen LogP contribution in [0.2, 0.25) is 0 Å². The first kappa shape index (κ1) is 24.9. The van der Waals surface area contributed by atoms with Crippen molar-refractivity contribution in [1.29, 1.82) is 0 Å². The van der Waals surface area contributed by atoms with Crippen LogP contribution in [-0.4, -0.2) is 50.3 Å². The maximum absolute atomic E-state index is 13.1. The molecule has 0 unspecified atom stereocenters. The van der Waals surface area contributed by atoms with Crippen LogP contribution >= 0.6 is 0 Å². The molecule has 174 valence electrons. The second-order valence-corrected chi connectivity index (χ2v) is 7.64. The van der Waals surface area contributed by atoms with Crippen molar-refractivity contribution in [2.75, 3.05) is 31.6 Å². The fraction of sp³-hybridized carbons (Fsp3) is 0.455. The van der Waals surface area contributed by atoms with E-state index >= 15 is 0 Å². The Hall–Kier alpha value is -3.40. The SMILES string of the molecule is CC[C@H](C)[C@H](Nc1c(N(C)O)c(=O)c1=O)C(=O)N[C@@H](Cc1ccc(OC)cc1)C(=O)NC. The van der Waals surface area contributed by atoms with Crippen molar-refractivity contribution in [1.82, 2.24) is 10.6 Å². The first-order valence-corrected chi connectivity index (χ1v) is 10.3. The summed E-state index contributed by atoms with van der Waals surface area (Å²) in [5.41, 5.74) is -1.13. The standard InChI is InChI=1S/C22H30N4O6/c1-6-12(2)16(25-17-18(26(4)31)20(28)19(17)27)22(30)24-15(21(29)23-3)11-13-7-9-14(32-5)10-8-13/h7-10,12,15-16,25,31H,6,11H2,1-5H3,(H,23,29)(H,24,30)/t12-,15-,16-/m0/s1. The van der Waals surface area contributed by atoms with Crippen LogP contribution in [0.25, 0.3) is 0 Å². The fourth-order valence-electron chi connectivity index (χ4n) is 3.32. The van der Waals surface area contributed by atoms with Gasteiger partial charge in [-0.1, -0.05) is 32.4 Å². The predicted octanol–water partition coefficient (Wildman–Crippen LogP) is 0.417. The Kier molecular flexibility index (Phi) is 8.36. The monoisotopic (exact) mass is 446 g/mol. The molecule has 0 aliphatic rings. The van der Waals surface area contributed by atoms with Gasteiger partial charge in [0.1, 0.15) is 29.2 Å². The average molecular weight is 447 g/mol. The number of hydrogen-bond donors (Lipinski definition) is 4. The molecular weight excluding hydrogens is 416 g/mol. The molecule has 2 amide bonds. The molecule has 10 nitrogen and oxygen atoms in total. The highest BCUT2D eigenvalue weighted by molar-refractivity contribution is 5.92. The van der Waals surface area contributed by atoms with Crippen LogP contribution in [0.3, 0.4) is 0 Å². The molecule has 0 saturated heterocycles. The van der Waals surface area contributed by atoms with E-state index in [9.17, 15) is 24.4 Å². The van der Waals surface area contributed by atoms with E-state index in [1.807, 2.05) is 13.8 Å². The predicted molar refractivity (Wildman–Crippen MR) is 121 cm³/mol. The number of rotatable bonds is 11. The van der Waals surface area contributed by atoms with Gasteiger partial charge < -0.3 is 20.7 Å². The number of anilines is 2. The Balaban J connectivity index is 2.24. The topological polar surface area (TPSA) is 137 Å². The van der Waals surface area contributed by atoms with Gasteiger partial charge in [-0.3, -0.25) is 29.4 Å². The van der Waals surface area contributed by atoms with Crippen molar-refractivity contribution in [3.05, 3.63) is 50.3 Å². The largest absolute Gasteiger partial charge is 0.497 e. The lowest BCUT2D eigenvalue weighted by atomic mass is 9.96. The van der Waals surface area contributed by atoms with Crippen molar-refractivity contribution in [3.63, 3.8) is 0 Å². The summed E-state index contributed by atoms with van der Waals surface area (Å²) < 4.78 is 5.14. The van der Waals surface area contributed by atoms with Crippen molar-refractivity contribution in [3.8, 4) is 5.75 Å². The van der Waals surface area contributed by atoms with Gasteiger partial charge in [-0.05, 0) is 23.6 Å². The number of hydrogen-bond acceptors (Lipinski definition) is 8. The second kappa shape index (κ2) is 10.8. The summed E-state index contributed by atoms with van der Waals surface area (Å²) in [6.07, 6.45) is 0.835. The molecule has 3 atom stereocenters. The fourth-order valence-corrected chi connectivity index (χ4v) is 3.32. The van der Waals surface area contributed by atoms with Gasteiger partial charge in [0.05, 0.1) is 7.11 Å². The molecule has 10 heteroatoms. The molecule has 0 aliphatic heterocycles. The highest BCUT2D eigenvalue weighted by atomic mass is 16.5. The molecule has 2 rings (SSSR count). The molecule has 32 heavy (non-hydrogen) atoms. The number of hydroxylamine groups is 1. The maximum atomic E-state index is 13.1. The minimum atomic E-state index is -0.898. The van der Waals surface area contributed by atoms with Gasteiger partial charge in [0.15, 0.2) is 0 Å². The van der Waals surface area contributed by atoms with Gasteiger partial charge in [-0.15, -0.1) is 0 Å². The van der Waals surface area contributed by atoms with E-state index in [1.54, 1.807) is 31.4 Å². The molecule has 0 aromatic heterocycles. The van der Waals surface area contributed by atoms with E-state index in [1.165, 1.54) is 14.1 Å². The molecule has 0 saturated carbocycles. The summed E-state index contributed by atoms with van der Waals surface area (Å²) in [5, 5.41) is 18.3. The zero-order valence-corrected chi connectivity index (χ0v) is 18.9. The number of nitrogens with one attached hydrogen (secondary N) is 3. The van der Waals surface area contributed by atoms with Gasteiger partial charge in [-0.25, -0.2) is 0 Å². The third kappa shape index (κ3) is 5.44. The minimum absolute atomic E-state index is 0.118. The summed E-state index contributed by atoms with van der Waals surface area (Å²) in [4.78, 5) is 49.3. The maximum Gasteiger partial charge on any atom is 0.255 e. The van der Waals surface area contributed by atoms with Gasteiger partial charge in [-0.2, -0.15) is 0 Å². The lowest BCUT2D eigenvalue weighted by Crippen LogP contribution is -2.54. The smallest absolute Gasteiger partial charge is 0.255 e. The third-order valence-corrected chi connectivity index (χ3v) is 5.48. The number of ether oxygens (including phenoxy) is 1. The van der Waals surface area contributed by atoms with Crippen LogP contribution in [-0.2, 0) is 16.0 Å². The van der Waals surface area contributed by atoms with E-state index in [0.29, 0.717) is 17.2 Å². The lowest BCUT2D eigenvalue weighted by molar-refractivity contribution is -0.129. The Morgan fingerprint density at radius 1 is 1.12 bits per heavy atom. The van der Waals surface area contributed by atoms with E-state index in [-0.39, 0.29) is 29.6 Å². The second-order valence-electron chi connectivity index (χ2n) is 7.64. The molecule has 0 aliphatic carbocycles. The summed E-state index contributed by atoms with van der Waals surface area (Å²) in [5.74, 6) is -0.432. The van der Waals surface area contributed by atoms with E-state index in [4.69, 9.17) is 4.74 Å². The van der Waals surface area contributed by atoms with Gasteiger partial charge in [0, 0.05) is 20.5 Å². The Bertz CT molecular complexity index is 1010. The number of carbonyl (C=O) groups is 2. The summed E-state index contributed by atoms with van der Waals surface area (Å²) in [7, 11) is 4.25. The van der Waals surface area contributed by atoms with Crippen LogP contribution in [0, 0.1) is 5.92 Å². The quantitative estimate of drug-likeness (QED) is 0.288. The highest BCUT2D eigenvalue weighted by Gasteiger charge is 2.32. The molecule has 2 aromatic carbocycles. The third-order valence-electron chi connectivity index (χ3n) is 5.48. The van der Waals surface area contributed by atoms with Crippen molar-refractivity contribution in [2.45, 2.75) is 38.8 Å². The van der Waals surface area contributed by atoms with Crippen LogP contribution in [0.15, 0.2) is 33.9 Å². The van der Waals surface area contributed by atoms with Crippen LogP contribution in [0.5, 0.6) is 5.75 Å². The zero-order valence-electron chi connectivity index (χ0n) is 18.9. The molecule has 0 spiro atoms. The van der Waals surface area contributed by atoms with Crippen molar-refractivity contribution in [2.24, 2.45) is 5.92 Å². The summed E-state index contributed by atoms with van der Waals surface area (Å²) in [6.45, 7) is 3.69. The van der Waals surface area contributed by atoms with Gasteiger partial charge in [0.2, 0.25) is 11.8 Å². The zero-order chi connectivity index (χ0) is 24.0.